The minimum atomic E-state index is -0.0595. The van der Waals surface area contributed by atoms with Gasteiger partial charge in [0.05, 0.1) is 5.69 Å². The molecule has 0 atom stereocenters. The maximum atomic E-state index is 14.5. The molecule has 2 aliphatic carbocycles. The number of hydrogen-bond donors (Lipinski definition) is 1. The van der Waals surface area contributed by atoms with Crippen molar-refractivity contribution in [2.75, 3.05) is 11.4 Å². The second kappa shape index (κ2) is 5.60. The molecule has 21 heavy (non-hydrogen) atoms. The fourth-order valence-corrected chi connectivity index (χ4v) is 2.67. The lowest BCUT2D eigenvalue weighted by Gasteiger charge is -2.26. The van der Waals surface area contributed by atoms with Gasteiger partial charge in [0, 0.05) is 24.7 Å². The molecular weight excluding hydrogens is 263 g/mol. The lowest BCUT2D eigenvalue weighted by Crippen LogP contribution is -2.35. The SMILES string of the molecule is CC(C)(C)NCc1ccc(N(CC2CC2)C2CC2)c(F)c1. The molecule has 2 aliphatic rings. The van der Waals surface area contributed by atoms with Gasteiger partial charge in [-0.3, -0.25) is 0 Å². The third-order valence-electron chi connectivity index (χ3n) is 4.28. The Morgan fingerprint density at radius 2 is 1.90 bits per heavy atom. The molecule has 1 N–H and O–H groups in total. The molecule has 0 aliphatic heterocycles. The average molecular weight is 290 g/mol. The first kappa shape index (κ1) is 14.8. The normalized spacial score (nSPS) is 18.9. The van der Waals surface area contributed by atoms with Crippen molar-refractivity contribution in [1.29, 1.82) is 0 Å². The van der Waals surface area contributed by atoms with Crippen molar-refractivity contribution in [2.45, 2.75) is 64.6 Å². The largest absolute Gasteiger partial charge is 0.366 e. The third-order valence-corrected chi connectivity index (χ3v) is 4.28. The van der Waals surface area contributed by atoms with Crippen molar-refractivity contribution >= 4 is 5.69 Å². The van der Waals surface area contributed by atoms with E-state index in [2.05, 4.69) is 37.1 Å². The number of rotatable bonds is 6. The number of nitrogens with one attached hydrogen (secondary N) is 1. The summed E-state index contributed by atoms with van der Waals surface area (Å²) in [6.07, 6.45) is 5.08. The fourth-order valence-electron chi connectivity index (χ4n) is 2.67. The van der Waals surface area contributed by atoms with Gasteiger partial charge in [0.1, 0.15) is 5.82 Å². The quantitative estimate of drug-likeness (QED) is 0.849. The molecule has 2 fully saturated rings. The Morgan fingerprint density at radius 1 is 1.19 bits per heavy atom. The molecule has 3 heteroatoms. The standard InChI is InChI=1S/C18H27FN2/c1-18(2,3)20-11-14-6-9-17(16(19)10-14)21(15-7-8-15)12-13-4-5-13/h6,9-10,13,15,20H,4-5,7-8,11-12H2,1-3H3. The summed E-state index contributed by atoms with van der Waals surface area (Å²) in [6, 6.07) is 6.34. The van der Waals surface area contributed by atoms with E-state index in [0.29, 0.717) is 12.6 Å². The molecular formula is C18H27FN2. The van der Waals surface area contributed by atoms with Crippen molar-refractivity contribution in [1.82, 2.24) is 5.32 Å². The summed E-state index contributed by atoms with van der Waals surface area (Å²) >= 11 is 0. The summed E-state index contributed by atoms with van der Waals surface area (Å²) < 4.78 is 14.5. The van der Waals surface area contributed by atoms with Crippen molar-refractivity contribution in [2.24, 2.45) is 5.92 Å². The van der Waals surface area contributed by atoms with E-state index >= 15 is 0 Å². The van der Waals surface area contributed by atoms with Gasteiger partial charge < -0.3 is 10.2 Å². The van der Waals surface area contributed by atoms with Crippen LogP contribution < -0.4 is 10.2 Å². The van der Waals surface area contributed by atoms with Gasteiger partial charge in [0.15, 0.2) is 0 Å². The number of nitrogens with zero attached hydrogens (tertiary/aromatic N) is 1. The maximum absolute atomic E-state index is 14.5. The molecule has 2 nitrogen and oxygen atoms in total. The highest BCUT2D eigenvalue weighted by Crippen LogP contribution is 2.38. The van der Waals surface area contributed by atoms with Crippen molar-refractivity contribution < 1.29 is 4.39 Å². The molecule has 1 aromatic carbocycles. The van der Waals surface area contributed by atoms with E-state index < -0.39 is 0 Å². The highest BCUT2D eigenvalue weighted by molar-refractivity contribution is 5.51. The van der Waals surface area contributed by atoms with E-state index in [-0.39, 0.29) is 11.4 Å². The van der Waals surface area contributed by atoms with E-state index in [9.17, 15) is 4.39 Å². The van der Waals surface area contributed by atoms with Gasteiger partial charge >= 0.3 is 0 Å². The van der Waals surface area contributed by atoms with Crippen LogP contribution in [0.2, 0.25) is 0 Å². The highest BCUT2D eigenvalue weighted by atomic mass is 19.1. The predicted molar refractivity (Wildman–Crippen MR) is 86.1 cm³/mol. The summed E-state index contributed by atoms with van der Waals surface area (Å²) in [5.41, 5.74) is 1.89. The molecule has 116 valence electrons. The van der Waals surface area contributed by atoms with Crippen LogP contribution in [0, 0.1) is 11.7 Å². The van der Waals surface area contributed by atoms with Crippen LogP contribution in [0.4, 0.5) is 10.1 Å². The summed E-state index contributed by atoms with van der Waals surface area (Å²) in [5, 5.41) is 3.41. The van der Waals surface area contributed by atoms with Crippen LogP contribution in [-0.4, -0.2) is 18.1 Å². The Balaban J connectivity index is 1.70. The van der Waals surface area contributed by atoms with Crippen LogP contribution in [0.1, 0.15) is 52.0 Å². The van der Waals surface area contributed by atoms with Crippen molar-refractivity contribution in [3.63, 3.8) is 0 Å². The first-order valence-electron chi connectivity index (χ1n) is 8.22. The van der Waals surface area contributed by atoms with Gasteiger partial charge in [0.25, 0.3) is 0 Å². The van der Waals surface area contributed by atoms with E-state index in [1.165, 1.54) is 25.7 Å². The molecule has 3 rings (SSSR count). The van der Waals surface area contributed by atoms with Gasteiger partial charge in [-0.05, 0) is 70.1 Å². The number of halogens is 1. The second-order valence-corrected chi connectivity index (χ2v) is 7.72. The van der Waals surface area contributed by atoms with Crippen LogP contribution >= 0.6 is 0 Å². The van der Waals surface area contributed by atoms with Gasteiger partial charge in [0.2, 0.25) is 0 Å². The van der Waals surface area contributed by atoms with E-state index in [4.69, 9.17) is 0 Å². The van der Waals surface area contributed by atoms with Crippen LogP contribution in [-0.2, 0) is 6.54 Å². The highest BCUT2D eigenvalue weighted by Gasteiger charge is 2.34. The molecule has 0 saturated heterocycles. The Hall–Kier alpha value is -1.09. The summed E-state index contributed by atoms with van der Waals surface area (Å²) in [5.74, 6) is 0.739. The van der Waals surface area contributed by atoms with Crippen LogP contribution in [0.5, 0.6) is 0 Å². The molecule has 0 spiro atoms. The Morgan fingerprint density at radius 3 is 2.43 bits per heavy atom. The van der Waals surface area contributed by atoms with E-state index in [1.54, 1.807) is 6.07 Å². The maximum Gasteiger partial charge on any atom is 0.146 e. The lowest BCUT2D eigenvalue weighted by molar-refractivity contribution is 0.423. The molecule has 0 aromatic heterocycles. The molecule has 0 radical (unpaired) electrons. The monoisotopic (exact) mass is 290 g/mol. The van der Waals surface area contributed by atoms with E-state index in [1.807, 2.05) is 6.07 Å². The first-order chi connectivity index (χ1) is 9.92. The van der Waals surface area contributed by atoms with Crippen molar-refractivity contribution in [3.8, 4) is 0 Å². The molecule has 0 heterocycles. The van der Waals surface area contributed by atoms with Gasteiger partial charge in [-0.25, -0.2) is 4.39 Å². The summed E-state index contributed by atoms with van der Waals surface area (Å²) in [7, 11) is 0. The molecule has 0 unspecified atom stereocenters. The van der Waals surface area contributed by atoms with Gasteiger partial charge in [-0.1, -0.05) is 6.07 Å². The number of benzene rings is 1. The minimum Gasteiger partial charge on any atom is -0.366 e. The third kappa shape index (κ3) is 4.19. The Kier molecular flexibility index (Phi) is 3.96. The molecule has 0 bridgehead atoms. The zero-order valence-electron chi connectivity index (χ0n) is 13.5. The lowest BCUT2D eigenvalue weighted by atomic mass is 10.1. The minimum absolute atomic E-state index is 0.0567. The van der Waals surface area contributed by atoms with Crippen molar-refractivity contribution in [3.05, 3.63) is 29.6 Å². The fraction of sp³-hybridized carbons (Fsp3) is 0.667. The Labute approximate surface area is 127 Å². The molecule has 1 aromatic rings. The molecule has 2 saturated carbocycles. The van der Waals surface area contributed by atoms with Crippen LogP contribution in [0.15, 0.2) is 18.2 Å². The van der Waals surface area contributed by atoms with E-state index in [0.717, 1.165) is 23.7 Å². The first-order valence-corrected chi connectivity index (χ1v) is 8.22. The van der Waals surface area contributed by atoms with Crippen LogP contribution in [0.3, 0.4) is 0 Å². The summed E-state index contributed by atoms with van der Waals surface area (Å²) in [6.45, 7) is 8.14. The zero-order chi connectivity index (χ0) is 15.0. The second-order valence-electron chi connectivity index (χ2n) is 7.72. The molecule has 0 amide bonds. The van der Waals surface area contributed by atoms with Gasteiger partial charge in [-0.15, -0.1) is 0 Å². The predicted octanol–water partition coefficient (Wildman–Crippen LogP) is 4.09. The average Bonchev–Trinajstić information content (AvgIpc) is 3.24. The zero-order valence-corrected chi connectivity index (χ0v) is 13.5. The van der Waals surface area contributed by atoms with Crippen LogP contribution in [0.25, 0.3) is 0 Å². The summed E-state index contributed by atoms with van der Waals surface area (Å²) in [4.78, 5) is 2.31. The topological polar surface area (TPSA) is 15.3 Å². The Bertz CT molecular complexity index is 498. The number of hydrogen-bond acceptors (Lipinski definition) is 2. The van der Waals surface area contributed by atoms with Gasteiger partial charge in [-0.2, -0.15) is 0 Å². The smallest absolute Gasteiger partial charge is 0.146 e. The number of anilines is 1.